The van der Waals surface area contributed by atoms with Gasteiger partial charge in [0.05, 0.1) is 18.1 Å². The number of rotatable bonds is 4. The number of benzene rings is 1. The molecule has 6 heteroatoms. The van der Waals surface area contributed by atoms with Crippen LogP contribution in [0, 0.1) is 6.92 Å². The Morgan fingerprint density at radius 1 is 1.22 bits per heavy atom. The largest absolute Gasteiger partial charge is 0.437 e. The fraction of sp³-hybridized carbons (Fsp3) is 0.381. The molecule has 2 heterocycles. The number of carbonyl (C=O) groups excluding carboxylic acids is 1. The van der Waals surface area contributed by atoms with Gasteiger partial charge in [-0.05, 0) is 50.3 Å². The minimum Gasteiger partial charge on any atom is -0.437 e. The van der Waals surface area contributed by atoms with E-state index in [9.17, 15) is 4.79 Å². The van der Waals surface area contributed by atoms with Crippen LogP contribution in [-0.2, 0) is 0 Å². The highest BCUT2D eigenvalue weighted by molar-refractivity contribution is 5.75. The van der Waals surface area contributed by atoms with Crippen LogP contribution < -0.4 is 10.1 Å². The monoisotopic (exact) mass is 364 g/mol. The molecule has 0 unspecified atom stereocenters. The van der Waals surface area contributed by atoms with Crippen molar-refractivity contribution in [2.24, 2.45) is 0 Å². The summed E-state index contributed by atoms with van der Waals surface area (Å²) in [5, 5.41) is 3.06. The Kier molecular flexibility index (Phi) is 5.05. The SMILES string of the molecule is Cc1cnc(Oc2cccc(C=C3CCN(C(=O)NC4CC4)CC3)c2)cn1. The molecule has 1 aliphatic heterocycles. The van der Waals surface area contributed by atoms with E-state index in [2.05, 4.69) is 27.4 Å². The molecule has 0 spiro atoms. The molecule has 2 aromatic rings. The van der Waals surface area contributed by atoms with E-state index in [-0.39, 0.29) is 6.03 Å². The Labute approximate surface area is 159 Å². The average Bonchev–Trinajstić information content (AvgIpc) is 3.48. The molecule has 1 aromatic carbocycles. The number of aromatic nitrogens is 2. The Morgan fingerprint density at radius 2 is 2.04 bits per heavy atom. The summed E-state index contributed by atoms with van der Waals surface area (Å²) >= 11 is 0. The summed E-state index contributed by atoms with van der Waals surface area (Å²) in [6.07, 6.45) is 9.58. The van der Waals surface area contributed by atoms with Crippen molar-refractivity contribution in [1.29, 1.82) is 0 Å². The van der Waals surface area contributed by atoms with E-state index in [1.165, 1.54) is 5.57 Å². The summed E-state index contributed by atoms with van der Waals surface area (Å²) in [7, 11) is 0. The summed E-state index contributed by atoms with van der Waals surface area (Å²) < 4.78 is 5.79. The van der Waals surface area contributed by atoms with Crippen molar-refractivity contribution in [1.82, 2.24) is 20.2 Å². The Morgan fingerprint density at radius 3 is 2.74 bits per heavy atom. The molecule has 0 radical (unpaired) electrons. The van der Waals surface area contributed by atoms with Gasteiger partial charge < -0.3 is 15.0 Å². The zero-order chi connectivity index (χ0) is 18.6. The van der Waals surface area contributed by atoms with Crippen molar-refractivity contribution in [2.45, 2.75) is 38.6 Å². The molecule has 0 atom stereocenters. The summed E-state index contributed by atoms with van der Waals surface area (Å²) in [6, 6.07) is 8.45. The van der Waals surface area contributed by atoms with E-state index in [1.807, 2.05) is 30.0 Å². The van der Waals surface area contributed by atoms with E-state index in [0.29, 0.717) is 11.9 Å². The van der Waals surface area contributed by atoms with Crippen LogP contribution in [-0.4, -0.2) is 40.0 Å². The molecule has 1 aliphatic carbocycles. The van der Waals surface area contributed by atoms with Crippen LogP contribution in [0.25, 0.3) is 6.08 Å². The fourth-order valence-corrected chi connectivity index (χ4v) is 3.09. The second kappa shape index (κ2) is 7.78. The molecular formula is C21H24N4O2. The van der Waals surface area contributed by atoms with E-state index in [1.54, 1.807) is 12.4 Å². The molecule has 27 heavy (non-hydrogen) atoms. The first-order valence-electron chi connectivity index (χ1n) is 9.47. The van der Waals surface area contributed by atoms with Crippen molar-refractivity contribution >= 4 is 12.1 Å². The molecule has 1 saturated carbocycles. The second-order valence-electron chi connectivity index (χ2n) is 7.18. The van der Waals surface area contributed by atoms with Gasteiger partial charge in [-0.2, -0.15) is 0 Å². The molecule has 1 saturated heterocycles. The maximum absolute atomic E-state index is 12.1. The zero-order valence-corrected chi connectivity index (χ0v) is 15.5. The van der Waals surface area contributed by atoms with Crippen LogP contribution in [0.4, 0.5) is 4.79 Å². The zero-order valence-electron chi connectivity index (χ0n) is 15.5. The van der Waals surface area contributed by atoms with Gasteiger partial charge in [0.15, 0.2) is 0 Å². The van der Waals surface area contributed by atoms with Gasteiger partial charge in [0.1, 0.15) is 5.75 Å². The topological polar surface area (TPSA) is 67.3 Å². The highest BCUT2D eigenvalue weighted by Gasteiger charge is 2.27. The number of amides is 2. The maximum atomic E-state index is 12.1. The first-order chi connectivity index (χ1) is 13.2. The van der Waals surface area contributed by atoms with Gasteiger partial charge in [0, 0.05) is 19.1 Å². The molecule has 2 amide bonds. The van der Waals surface area contributed by atoms with Crippen LogP contribution in [0.3, 0.4) is 0 Å². The minimum atomic E-state index is 0.0890. The van der Waals surface area contributed by atoms with E-state index >= 15 is 0 Å². The maximum Gasteiger partial charge on any atom is 0.317 e. The van der Waals surface area contributed by atoms with Gasteiger partial charge in [-0.25, -0.2) is 9.78 Å². The lowest BCUT2D eigenvalue weighted by molar-refractivity contribution is 0.193. The molecule has 1 N–H and O–H groups in total. The summed E-state index contributed by atoms with van der Waals surface area (Å²) in [4.78, 5) is 22.5. The summed E-state index contributed by atoms with van der Waals surface area (Å²) in [5.41, 5.74) is 3.31. The molecule has 2 fully saturated rings. The highest BCUT2D eigenvalue weighted by Crippen LogP contribution is 2.25. The van der Waals surface area contributed by atoms with Crippen molar-refractivity contribution in [3.8, 4) is 11.6 Å². The van der Waals surface area contributed by atoms with Gasteiger partial charge in [-0.1, -0.05) is 23.8 Å². The molecular weight excluding hydrogens is 340 g/mol. The van der Waals surface area contributed by atoms with Crippen molar-refractivity contribution in [3.63, 3.8) is 0 Å². The third-order valence-electron chi connectivity index (χ3n) is 4.81. The van der Waals surface area contributed by atoms with Crippen LogP contribution in [0.5, 0.6) is 11.6 Å². The molecule has 2 aliphatic rings. The molecule has 1 aromatic heterocycles. The van der Waals surface area contributed by atoms with Crippen LogP contribution in [0.1, 0.15) is 36.9 Å². The predicted octanol–water partition coefficient (Wildman–Crippen LogP) is 3.93. The number of hydrogen-bond acceptors (Lipinski definition) is 4. The molecule has 0 bridgehead atoms. The van der Waals surface area contributed by atoms with E-state index < -0.39 is 0 Å². The predicted molar refractivity (Wildman–Crippen MR) is 104 cm³/mol. The first-order valence-corrected chi connectivity index (χ1v) is 9.47. The van der Waals surface area contributed by atoms with E-state index in [0.717, 1.165) is 55.8 Å². The smallest absolute Gasteiger partial charge is 0.317 e. The van der Waals surface area contributed by atoms with Crippen LogP contribution in [0.15, 0.2) is 42.2 Å². The van der Waals surface area contributed by atoms with Gasteiger partial charge >= 0.3 is 6.03 Å². The molecule has 140 valence electrons. The van der Waals surface area contributed by atoms with Gasteiger partial charge in [-0.15, -0.1) is 0 Å². The lowest BCUT2D eigenvalue weighted by atomic mass is 10.0. The normalized spacial score (nSPS) is 16.8. The lowest BCUT2D eigenvalue weighted by Gasteiger charge is -2.28. The second-order valence-corrected chi connectivity index (χ2v) is 7.18. The third-order valence-corrected chi connectivity index (χ3v) is 4.81. The number of urea groups is 1. The van der Waals surface area contributed by atoms with Gasteiger partial charge in [-0.3, -0.25) is 4.98 Å². The standard InChI is InChI=1S/C21H24N4O2/c1-15-13-23-20(14-22-15)27-19-4-2-3-17(12-19)11-16-7-9-25(10-8-16)21(26)24-18-5-6-18/h2-4,11-14,18H,5-10H2,1H3,(H,24,26). The molecule has 6 nitrogen and oxygen atoms in total. The fourth-order valence-electron chi connectivity index (χ4n) is 3.09. The number of nitrogens with one attached hydrogen (secondary N) is 1. The first kappa shape index (κ1) is 17.5. The number of carbonyl (C=O) groups is 1. The summed E-state index contributed by atoms with van der Waals surface area (Å²) in [5.74, 6) is 1.23. The van der Waals surface area contributed by atoms with Gasteiger partial charge in [0.2, 0.25) is 5.88 Å². The van der Waals surface area contributed by atoms with Crippen LogP contribution in [0.2, 0.25) is 0 Å². The third kappa shape index (κ3) is 4.84. The van der Waals surface area contributed by atoms with Gasteiger partial charge in [0.25, 0.3) is 0 Å². The number of nitrogens with zero attached hydrogens (tertiary/aromatic N) is 3. The Bertz CT molecular complexity index is 834. The summed E-state index contributed by atoms with van der Waals surface area (Å²) in [6.45, 7) is 3.45. The highest BCUT2D eigenvalue weighted by atomic mass is 16.5. The Hall–Kier alpha value is -2.89. The number of piperidine rings is 1. The van der Waals surface area contributed by atoms with Crippen molar-refractivity contribution < 1.29 is 9.53 Å². The van der Waals surface area contributed by atoms with Crippen molar-refractivity contribution in [3.05, 3.63) is 53.5 Å². The quantitative estimate of drug-likeness (QED) is 0.893. The number of ether oxygens (including phenoxy) is 1. The Balaban J connectivity index is 1.36. The average molecular weight is 364 g/mol. The van der Waals surface area contributed by atoms with E-state index in [4.69, 9.17) is 4.74 Å². The van der Waals surface area contributed by atoms with Crippen molar-refractivity contribution in [2.75, 3.05) is 13.1 Å². The molecule has 4 rings (SSSR count). The van der Waals surface area contributed by atoms with Crippen LogP contribution >= 0.6 is 0 Å². The minimum absolute atomic E-state index is 0.0890. The number of aryl methyl sites for hydroxylation is 1. The number of hydrogen-bond donors (Lipinski definition) is 1. The number of likely N-dealkylation sites (tertiary alicyclic amines) is 1. The lowest BCUT2D eigenvalue weighted by Crippen LogP contribution is -2.43.